The predicted molar refractivity (Wildman–Crippen MR) is 77.8 cm³/mol. The molecule has 0 radical (unpaired) electrons. The van der Waals surface area contributed by atoms with Gasteiger partial charge in [-0.3, -0.25) is 4.98 Å². The molecule has 1 aromatic heterocycles. The summed E-state index contributed by atoms with van der Waals surface area (Å²) in [4.78, 5) is 6.42. The third kappa shape index (κ3) is 6.12. The minimum atomic E-state index is 0.679. The van der Waals surface area contributed by atoms with E-state index in [1.165, 1.54) is 18.4 Å². The van der Waals surface area contributed by atoms with Crippen LogP contribution in [-0.2, 0) is 6.42 Å². The zero-order valence-corrected chi connectivity index (χ0v) is 12.0. The Morgan fingerprint density at radius 1 is 1.17 bits per heavy atom. The fraction of sp³-hybridized carbons (Fsp3) is 0.667. The molecule has 0 aliphatic heterocycles. The van der Waals surface area contributed by atoms with Gasteiger partial charge in [0.1, 0.15) is 0 Å². The first-order valence-corrected chi connectivity index (χ1v) is 7.07. The first-order valence-electron chi connectivity index (χ1n) is 7.07. The average molecular weight is 249 g/mol. The van der Waals surface area contributed by atoms with Gasteiger partial charge in [-0.15, -0.1) is 0 Å². The van der Waals surface area contributed by atoms with Crippen LogP contribution in [-0.4, -0.2) is 42.6 Å². The molecule has 1 rings (SSSR count). The van der Waals surface area contributed by atoms with E-state index in [0.29, 0.717) is 6.04 Å². The Balaban J connectivity index is 2.12. The predicted octanol–water partition coefficient (Wildman–Crippen LogP) is 2.33. The second-order valence-electron chi connectivity index (χ2n) is 4.88. The van der Waals surface area contributed by atoms with Gasteiger partial charge in [0.05, 0.1) is 0 Å². The van der Waals surface area contributed by atoms with E-state index < -0.39 is 0 Å². The van der Waals surface area contributed by atoms with Gasteiger partial charge in [-0.05, 0) is 44.0 Å². The van der Waals surface area contributed by atoms with Crippen LogP contribution in [0.25, 0.3) is 0 Å². The molecule has 0 aliphatic rings. The van der Waals surface area contributed by atoms with Crippen LogP contribution in [0.1, 0.15) is 32.3 Å². The maximum absolute atomic E-state index is 4.04. The number of pyridine rings is 1. The molecule has 0 bridgehead atoms. The summed E-state index contributed by atoms with van der Waals surface area (Å²) in [6.07, 6.45) is 7.27. The summed E-state index contributed by atoms with van der Waals surface area (Å²) in [6, 6.07) is 4.87. The van der Waals surface area contributed by atoms with Gasteiger partial charge in [-0.2, -0.15) is 0 Å². The summed E-state index contributed by atoms with van der Waals surface area (Å²) in [5, 5.41) is 3.60. The van der Waals surface area contributed by atoms with Crippen LogP contribution >= 0.6 is 0 Å². The number of rotatable bonds is 9. The van der Waals surface area contributed by atoms with Crippen LogP contribution in [0.4, 0.5) is 0 Å². The van der Waals surface area contributed by atoms with Crippen LogP contribution < -0.4 is 5.32 Å². The van der Waals surface area contributed by atoms with Crippen molar-refractivity contribution in [1.82, 2.24) is 15.2 Å². The van der Waals surface area contributed by atoms with Crippen LogP contribution in [0.3, 0.4) is 0 Å². The number of nitrogens with one attached hydrogen (secondary N) is 1. The first kappa shape index (κ1) is 15.1. The summed E-state index contributed by atoms with van der Waals surface area (Å²) in [5.74, 6) is 0. The molecule has 0 saturated carbocycles. The van der Waals surface area contributed by atoms with Crippen LogP contribution in [0, 0.1) is 0 Å². The Hall–Kier alpha value is -0.930. The molecule has 0 aromatic carbocycles. The van der Waals surface area contributed by atoms with E-state index in [4.69, 9.17) is 0 Å². The fourth-order valence-corrected chi connectivity index (χ4v) is 2.02. The monoisotopic (exact) mass is 249 g/mol. The molecule has 0 fully saturated rings. The molecule has 1 heterocycles. The molecule has 0 aliphatic carbocycles. The molecular formula is C15H27N3. The Labute approximate surface area is 112 Å². The van der Waals surface area contributed by atoms with Crippen molar-refractivity contribution in [2.45, 2.75) is 39.2 Å². The minimum Gasteiger partial charge on any atom is -0.313 e. The van der Waals surface area contributed by atoms with Gasteiger partial charge in [-0.1, -0.05) is 13.8 Å². The Morgan fingerprint density at radius 3 is 2.44 bits per heavy atom. The molecular weight excluding hydrogens is 222 g/mol. The van der Waals surface area contributed by atoms with Gasteiger partial charge in [0.2, 0.25) is 0 Å². The quantitative estimate of drug-likeness (QED) is 0.728. The fourth-order valence-electron chi connectivity index (χ4n) is 2.02. The van der Waals surface area contributed by atoms with Crippen molar-refractivity contribution in [1.29, 1.82) is 0 Å². The Morgan fingerprint density at radius 2 is 1.83 bits per heavy atom. The van der Waals surface area contributed by atoms with Crippen molar-refractivity contribution in [3.05, 3.63) is 30.1 Å². The van der Waals surface area contributed by atoms with E-state index in [1.54, 1.807) is 0 Å². The van der Waals surface area contributed by atoms with Crippen molar-refractivity contribution in [3.8, 4) is 0 Å². The second-order valence-corrected chi connectivity index (χ2v) is 4.88. The SMILES string of the molecule is CCC(CC)NCCN(C)CCc1ccncc1. The highest BCUT2D eigenvalue weighted by molar-refractivity contribution is 5.09. The topological polar surface area (TPSA) is 28.2 Å². The van der Waals surface area contributed by atoms with E-state index in [2.05, 4.69) is 48.2 Å². The van der Waals surface area contributed by atoms with Gasteiger partial charge < -0.3 is 10.2 Å². The molecule has 18 heavy (non-hydrogen) atoms. The van der Waals surface area contributed by atoms with Crippen molar-refractivity contribution in [2.75, 3.05) is 26.7 Å². The van der Waals surface area contributed by atoms with Crippen molar-refractivity contribution >= 4 is 0 Å². The van der Waals surface area contributed by atoms with Crippen LogP contribution in [0.5, 0.6) is 0 Å². The van der Waals surface area contributed by atoms with E-state index in [9.17, 15) is 0 Å². The van der Waals surface area contributed by atoms with Crippen LogP contribution in [0.2, 0.25) is 0 Å². The molecule has 0 unspecified atom stereocenters. The molecule has 1 N–H and O–H groups in total. The van der Waals surface area contributed by atoms with E-state index in [0.717, 1.165) is 26.1 Å². The van der Waals surface area contributed by atoms with E-state index >= 15 is 0 Å². The van der Waals surface area contributed by atoms with Gasteiger partial charge >= 0.3 is 0 Å². The maximum atomic E-state index is 4.04. The first-order chi connectivity index (χ1) is 8.76. The molecule has 0 saturated heterocycles. The summed E-state index contributed by atoms with van der Waals surface area (Å²) in [6.45, 7) is 7.79. The summed E-state index contributed by atoms with van der Waals surface area (Å²) < 4.78 is 0. The van der Waals surface area contributed by atoms with Gasteiger partial charge in [0.15, 0.2) is 0 Å². The maximum Gasteiger partial charge on any atom is 0.0270 e. The number of nitrogens with zero attached hydrogens (tertiary/aromatic N) is 2. The van der Waals surface area contributed by atoms with Gasteiger partial charge in [0, 0.05) is 38.1 Å². The average Bonchev–Trinajstić information content (AvgIpc) is 2.42. The van der Waals surface area contributed by atoms with Crippen molar-refractivity contribution < 1.29 is 0 Å². The zero-order valence-electron chi connectivity index (χ0n) is 12.0. The van der Waals surface area contributed by atoms with E-state index in [-0.39, 0.29) is 0 Å². The lowest BCUT2D eigenvalue weighted by Crippen LogP contribution is -2.35. The normalized spacial score (nSPS) is 11.4. The summed E-state index contributed by atoms with van der Waals surface area (Å²) in [5.41, 5.74) is 1.37. The molecule has 102 valence electrons. The highest BCUT2D eigenvalue weighted by Crippen LogP contribution is 1.99. The molecule has 0 spiro atoms. The summed E-state index contributed by atoms with van der Waals surface area (Å²) >= 11 is 0. The molecule has 3 heteroatoms. The lowest BCUT2D eigenvalue weighted by molar-refractivity contribution is 0.324. The highest BCUT2D eigenvalue weighted by atomic mass is 15.1. The van der Waals surface area contributed by atoms with Crippen molar-refractivity contribution in [2.24, 2.45) is 0 Å². The number of hydrogen-bond acceptors (Lipinski definition) is 3. The van der Waals surface area contributed by atoms with Gasteiger partial charge in [-0.25, -0.2) is 0 Å². The third-order valence-corrected chi connectivity index (χ3v) is 3.44. The molecule has 1 aromatic rings. The Kier molecular flexibility index (Phi) is 7.62. The lowest BCUT2D eigenvalue weighted by Gasteiger charge is -2.20. The molecule has 0 atom stereocenters. The van der Waals surface area contributed by atoms with Crippen LogP contribution in [0.15, 0.2) is 24.5 Å². The smallest absolute Gasteiger partial charge is 0.0270 e. The Bertz CT molecular complexity index is 296. The third-order valence-electron chi connectivity index (χ3n) is 3.44. The highest BCUT2D eigenvalue weighted by Gasteiger charge is 2.03. The zero-order chi connectivity index (χ0) is 13.2. The summed E-state index contributed by atoms with van der Waals surface area (Å²) in [7, 11) is 2.19. The second kappa shape index (κ2) is 9.06. The number of aromatic nitrogens is 1. The standard InChI is InChI=1S/C15H27N3/c1-4-15(5-2)17-11-13-18(3)12-8-14-6-9-16-10-7-14/h6-7,9-10,15,17H,4-5,8,11-13H2,1-3H3. The lowest BCUT2D eigenvalue weighted by atomic mass is 10.2. The minimum absolute atomic E-state index is 0.679. The van der Waals surface area contributed by atoms with E-state index in [1.807, 2.05) is 12.4 Å². The number of likely N-dealkylation sites (N-methyl/N-ethyl adjacent to an activating group) is 1. The molecule has 0 amide bonds. The largest absolute Gasteiger partial charge is 0.313 e. The van der Waals surface area contributed by atoms with Crippen molar-refractivity contribution in [3.63, 3.8) is 0 Å². The van der Waals surface area contributed by atoms with Gasteiger partial charge in [0.25, 0.3) is 0 Å². The molecule has 3 nitrogen and oxygen atoms in total. The number of hydrogen-bond donors (Lipinski definition) is 1.